The maximum absolute atomic E-state index is 6.50. The van der Waals surface area contributed by atoms with E-state index in [9.17, 15) is 0 Å². The lowest BCUT2D eigenvalue weighted by Crippen LogP contribution is -2.50. The molecule has 0 radical (unpaired) electrons. The summed E-state index contributed by atoms with van der Waals surface area (Å²) in [6.07, 6.45) is 2.70. The van der Waals surface area contributed by atoms with Gasteiger partial charge in [-0.3, -0.25) is 4.68 Å². The van der Waals surface area contributed by atoms with Crippen LogP contribution in [0.5, 0.6) is 5.75 Å². The fraction of sp³-hybridized carbons (Fsp3) is 0.769. The molecule has 2 unspecified atom stereocenters. The second-order valence-electron chi connectivity index (χ2n) is 5.00. The first-order valence-electron chi connectivity index (χ1n) is 6.45. The molecule has 0 spiro atoms. The summed E-state index contributed by atoms with van der Waals surface area (Å²) in [5.41, 5.74) is 7.35. The van der Waals surface area contributed by atoms with Gasteiger partial charge in [0.25, 0.3) is 0 Å². The quantitative estimate of drug-likeness (QED) is 0.838. The second kappa shape index (κ2) is 5.71. The Labute approximate surface area is 110 Å². The minimum absolute atomic E-state index is 0.125. The number of hydrogen-bond acceptors (Lipinski definition) is 4. The fourth-order valence-electron chi connectivity index (χ4n) is 2.21. The van der Waals surface area contributed by atoms with Crippen LogP contribution >= 0.6 is 0 Å². The lowest BCUT2D eigenvalue weighted by molar-refractivity contribution is 0.126. The van der Waals surface area contributed by atoms with Gasteiger partial charge in [-0.15, -0.1) is 0 Å². The number of nitrogens with zero attached hydrogens (tertiary/aromatic N) is 3. The molecule has 2 atom stereocenters. The van der Waals surface area contributed by atoms with E-state index in [-0.39, 0.29) is 11.6 Å². The summed E-state index contributed by atoms with van der Waals surface area (Å²) < 4.78 is 7.30. The van der Waals surface area contributed by atoms with Crippen molar-refractivity contribution in [2.24, 2.45) is 5.73 Å². The van der Waals surface area contributed by atoms with Gasteiger partial charge in [-0.2, -0.15) is 5.10 Å². The molecule has 0 saturated heterocycles. The molecular formula is C13H26N4O. The van der Waals surface area contributed by atoms with E-state index in [1.807, 2.05) is 4.68 Å². The fourth-order valence-corrected chi connectivity index (χ4v) is 2.21. The third-order valence-electron chi connectivity index (χ3n) is 4.07. The van der Waals surface area contributed by atoms with Gasteiger partial charge in [0, 0.05) is 12.1 Å². The highest BCUT2D eigenvalue weighted by Crippen LogP contribution is 2.35. The second-order valence-corrected chi connectivity index (χ2v) is 5.00. The Bertz CT molecular complexity index is 367. The number of hydrogen-bond donors (Lipinski definition) is 1. The first kappa shape index (κ1) is 15.0. The molecule has 104 valence electrons. The summed E-state index contributed by atoms with van der Waals surface area (Å²) in [7, 11) is 5.77. The standard InChI is InChI=1S/C13H26N4O/c1-7-13(3,16(4)5)12(14)11-10(18-6)9-15-17(11)8-2/h9,12H,7-8,14H2,1-6H3. The van der Waals surface area contributed by atoms with E-state index in [4.69, 9.17) is 10.5 Å². The summed E-state index contributed by atoms with van der Waals surface area (Å²) in [6, 6.07) is -0.144. The predicted molar refractivity (Wildman–Crippen MR) is 73.8 cm³/mol. The topological polar surface area (TPSA) is 56.3 Å². The van der Waals surface area contributed by atoms with Gasteiger partial charge in [0.05, 0.1) is 25.0 Å². The molecule has 1 aromatic rings. The summed E-state index contributed by atoms with van der Waals surface area (Å²) in [4.78, 5) is 2.17. The van der Waals surface area contributed by atoms with Crippen LogP contribution in [0.4, 0.5) is 0 Å². The zero-order valence-corrected chi connectivity index (χ0v) is 12.4. The van der Waals surface area contributed by atoms with E-state index in [2.05, 4.69) is 44.9 Å². The van der Waals surface area contributed by atoms with Crippen molar-refractivity contribution >= 4 is 0 Å². The summed E-state index contributed by atoms with van der Waals surface area (Å²) >= 11 is 0. The molecule has 5 nitrogen and oxygen atoms in total. The minimum atomic E-state index is -0.144. The Hall–Kier alpha value is -1.07. The Morgan fingerprint density at radius 1 is 1.50 bits per heavy atom. The Balaban J connectivity index is 3.23. The molecule has 0 bridgehead atoms. The zero-order valence-electron chi connectivity index (χ0n) is 12.4. The van der Waals surface area contributed by atoms with Gasteiger partial charge >= 0.3 is 0 Å². The van der Waals surface area contributed by atoms with Crippen LogP contribution in [-0.2, 0) is 6.54 Å². The highest BCUT2D eigenvalue weighted by atomic mass is 16.5. The molecular weight excluding hydrogens is 228 g/mol. The number of rotatable bonds is 6. The van der Waals surface area contributed by atoms with Crippen LogP contribution in [-0.4, -0.2) is 41.4 Å². The summed E-state index contributed by atoms with van der Waals surface area (Å²) in [6.45, 7) is 7.17. The average Bonchev–Trinajstić information content (AvgIpc) is 2.79. The molecule has 0 aromatic carbocycles. The molecule has 1 heterocycles. The monoisotopic (exact) mass is 254 g/mol. The maximum atomic E-state index is 6.50. The molecule has 18 heavy (non-hydrogen) atoms. The molecule has 1 rings (SSSR count). The van der Waals surface area contributed by atoms with Crippen LogP contribution < -0.4 is 10.5 Å². The molecule has 0 amide bonds. The minimum Gasteiger partial charge on any atom is -0.493 e. The van der Waals surface area contributed by atoms with Crippen LogP contribution in [0.1, 0.15) is 38.9 Å². The Morgan fingerprint density at radius 3 is 2.50 bits per heavy atom. The van der Waals surface area contributed by atoms with Gasteiger partial charge in [-0.25, -0.2) is 0 Å². The molecule has 0 fully saturated rings. The van der Waals surface area contributed by atoms with Gasteiger partial charge in [-0.05, 0) is 34.4 Å². The largest absolute Gasteiger partial charge is 0.493 e. The Kier molecular flexibility index (Phi) is 4.76. The van der Waals surface area contributed by atoms with Gasteiger partial charge in [0.2, 0.25) is 0 Å². The van der Waals surface area contributed by atoms with Crippen molar-refractivity contribution in [3.05, 3.63) is 11.9 Å². The van der Waals surface area contributed by atoms with Crippen molar-refractivity contribution in [3.8, 4) is 5.75 Å². The van der Waals surface area contributed by atoms with Crippen LogP contribution in [0, 0.1) is 0 Å². The highest BCUT2D eigenvalue weighted by molar-refractivity contribution is 5.30. The smallest absolute Gasteiger partial charge is 0.161 e. The van der Waals surface area contributed by atoms with Crippen molar-refractivity contribution in [2.75, 3.05) is 21.2 Å². The molecule has 0 aliphatic carbocycles. The van der Waals surface area contributed by atoms with E-state index >= 15 is 0 Å². The van der Waals surface area contributed by atoms with E-state index in [1.165, 1.54) is 0 Å². The van der Waals surface area contributed by atoms with Crippen molar-refractivity contribution in [1.29, 1.82) is 0 Å². The number of aryl methyl sites for hydroxylation is 1. The SMILES string of the molecule is CCn1ncc(OC)c1C(N)C(C)(CC)N(C)C. The summed E-state index contributed by atoms with van der Waals surface area (Å²) in [5.74, 6) is 0.769. The normalized spacial score (nSPS) is 16.7. The van der Waals surface area contributed by atoms with Crippen molar-refractivity contribution in [3.63, 3.8) is 0 Å². The lowest BCUT2D eigenvalue weighted by Gasteiger charge is -2.41. The molecule has 2 N–H and O–H groups in total. The lowest BCUT2D eigenvalue weighted by atomic mass is 9.86. The van der Waals surface area contributed by atoms with Crippen molar-refractivity contribution < 1.29 is 4.74 Å². The average molecular weight is 254 g/mol. The molecule has 0 aliphatic heterocycles. The van der Waals surface area contributed by atoms with E-state index in [0.29, 0.717) is 0 Å². The van der Waals surface area contributed by atoms with Gasteiger partial charge in [0.1, 0.15) is 0 Å². The predicted octanol–water partition coefficient (Wildman–Crippen LogP) is 1.64. The van der Waals surface area contributed by atoms with Crippen LogP contribution in [0.15, 0.2) is 6.20 Å². The molecule has 5 heteroatoms. The first-order chi connectivity index (χ1) is 8.42. The Morgan fingerprint density at radius 2 is 2.11 bits per heavy atom. The first-order valence-corrected chi connectivity index (χ1v) is 6.45. The van der Waals surface area contributed by atoms with Gasteiger partial charge in [-0.1, -0.05) is 6.92 Å². The van der Waals surface area contributed by atoms with Crippen LogP contribution in [0.3, 0.4) is 0 Å². The van der Waals surface area contributed by atoms with E-state index in [1.54, 1.807) is 13.3 Å². The zero-order chi connectivity index (χ0) is 13.9. The number of ether oxygens (including phenoxy) is 1. The molecule has 1 aromatic heterocycles. The van der Waals surface area contributed by atoms with E-state index in [0.717, 1.165) is 24.4 Å². The molecule has 0 aliphatic rings. The number of nitrogens with two attached hydrogens (primary N) is 1. The number of aromatic nitrogens is 2. The van der Waals surface area contributed by atoms with Crippen LogP contribution in [0.2, 0.25) is 0 Å². The number of methoxy groups -OCH3 is 1. The van der Waals surface area contributed by atoms with Crippen molar-refractivity contribution in [1.82, 2.24) is 14.7 Å². The summed E-state index contributed by atoms with van der Waals surface area (Å²) in [5, 5.41) is 4.33. The van der Waals surface area contributed by atoms with E-state index < -0.39 is 0 Å². The maximum Gasteiger partial charge on any atom is 0.161 e. The third kappa shape index (κ3) is 2.37. The third-order valence-corrected chi connectivity index (χ3v) is 4.07. The van der Waals surface area contributed by atoms with Gasteiger partial charge < -0.3 is 15.4 Å². The number of likely N-dealkylation sites (N-methyl/N-ethyl adjacent to an activating group) is 1. The highest BCUT2D eigenvalue weighted by Gasteiger charge is 2.37. The van der Waals surface area contributed by atoms with Crippen LogP contribution in [0.25, 0.3) is 0 Å². The van der Waals surface area contributed by atoms with Crippen molar-refractivity contribution in [2.45, 2.75) is 45.3 Å². The molecule has 0 saturated carbocycles. The van der Waals surface area contributed by atoms with Gasteiger partial charge in [0.15, 0.2) is 5.75 Å².